The zero-order chi connectivity index (χ0) is 10.9. The molecule has 80 valence electrons. The first-order valence-electron chi connectivity index (χ1n) is 5.24. The summed E-state index contributed by atoms with van der Waals surface area (Å²) in [5, 5.41) is 2.92. The summed E-state index contributed by atoms with van der Waals surface area (Å²) in [5.74, 6) is 0.128. The van der Waals surface area contributed by atoms with E-state index >= 15 is 0 Å². The molecular weight excluding hydrogens is 188 g/mol. The Balaban J connectivity index is 2.01. The van der Waals surface area contributed by atoms with Crippen molar-refractivity contribution < 1.29 is 4.79 Å². The average Bonchev–Trinajstić information content (AvgIpc) is 2.99. The maximum Gasteiger partial charge on any atom is 0.230 e. The molecule has 1 aliphatic rings. The van der Waals surface area contributed by atoms with Gasteiger partial charge < -0.3 is 11.1 Å². The molecule has 3 N–H and O–H groups in total. The van der Waals surface area contributed by atoms with Crippen LogP contribution in [-0.4, -0.2) is 5.91 Å². The fraction of sp³-hybridized carbons (Fsp3) is 0.417. The van der Waals surface area contributed by atoms with Gasteiger partial charge in [-0.15, -0.1) is 0 Å². The first-order valence-corrected chi connectivity index (χ1v) is 5.24. The van der Waals surface area contributed by atoms with Crippen molar-refractivity contribution in [3.05, 3.63) is 29.8 Å². The predicted octanol–water partition coefficient (Wildman–Crippen LogP) is 1.88. The molecular formula is C12H16N2O. The van der Waals surface area contributed by atoms with Crippen molar-refractivity contribution >= 4 is 11.6 Å². The van der Waals surface area contributed by atoms with E-state index in [1.165, 1.54) is 0 Å². The molecule has 15 heavy (non-hydrogen) atoms. The van der Waals surface area contributed by atoms with Gasteiger partial charge in [-0.1, -0.05) is 19.1 Å². The number of anilines is 1. The van der Waals surface area contributed by atoms with Crippen LogP contribution in [0, 0.1) is 5.41 Å². The van der Waals surface area contributed by atoms with Crippen LogP contribution in [-0.2, 0) is 11.3 Å². The molecule has 1 amide bonds. The number of amides is 1. The van der Waals surface area contributed by atoms with E-state index in [1.807, 2.05) is 31.2 Å². The second-order valence-corrected chi connectivity index (χ2v) is 4.42. The lowest BCUT2D eigenvalue weighted by molar-refractivity contribution is -0.120. The van der Waals surface area contributed by atoms with Crippen molar-refractivity contribution in [3.8, 4) is 0 Å². The van der Waals surface area contributed by atoms with E-state index in [4.69, 9.17) is 5.73 Å². The summed E-state index contributed by atoms with van der Waals surface area (Å²) >= 11 is 0. The molecule has 0 bridgehead atoms. The molecule has 0 saturated heterocycles. The topological polar surface area (TPSA) is 55.1 Å². The van der Waals surface area contributed by atoms with Gasteiger partial charge in [0.1, 0.15) is 0 Å². The van der Waals surface area contributed by atoms with Gasteiger partial charge in [0, 0.05) is 17.6 Å². The summed E-state index contributed by atoms with van der Waals surface area (Å²) in [5.41, 5.74) is 7.30. The molecule has 0 atom stereocenters. The minimum Gasteiger partial charge on any atom is -0.326 e. The highest BCUT2D eigenvalue weighted by atomic mass is 16.2. The lowest BCUT2D eigenvalue weighted by Crippen LogP contribution is -2.21. The molecule has 3 heteroatoms. The number of rotatable bonds is 3. The van der Waals surface area contributed by atoms with Crippen LogP contribution < -0.4 is 11.1 Å². The summed E-state index contributed by atoms with van der Waals surface area (Å²) in [4.78, 5) is 11.7. The third-order valence-electron chi connectivity index (χ3n) is 3.00. The number of benzene rings is 1. The normalized spacial score (nSPS) is 17.2. The standard InChI is InChI=1S/C12H16N2O/c1-12(6-7-12)11(15)14-10-4-2-9(8-13)3-5-10/h2-5H,6-8,13H2,1H3,(H,14,15). The van der Waals surface area contributed by atoms with Gasteiger partial charge in [-0.3, -0.25) is 4.79 Å². The molecule has 3 nitrogen and oxygen atoms in total. The van der Waals surface area contributed by atoms with Gasteiger partial charge in [0.25, 0.3) is 0 Å². The average molecular weight is 204 g/mol. The summed E-state index contributed by atoms with van der Waals surface area (Å²) in [6.07, 6.45) is 2.00. The third-order valence-corrected chi connectivity index (χ3v) is 3.00. The van der Waals surface area contributed by atoms with Crippen molar-refractivity contribution in [1.82, 2.24) is 0 Å². The van der Waals surface area contributed by atoms with Crippen LogP contribution in [0.4, 0.5) is 5.69 Å². The van der Waals surface area contributed by atoms with Crippen LogP contribution >= 0.6 is 0 Å². The largest absolute Gasteiger partial charge is 0.326 e. The molecule has 1 fully saturated rings. The second-order valence-electron chi connectivity index (χ2n) is 4.42. The van der Waals surface area contributed by atoms with Crippen LogP contribution in [0.3, 0.4) is 0 Å². The van der Waals surface area contributed by atoms with Crippen LogP contribution in [0.2, 0.25) is 0 Å². The molecule has 0 heterocycles. The Kier molecular flexibility index (Phi) is 2.49. The summed E-state index contributed by atoms with van der Waals surface area (Å²) < 4.78 is 0. The zero-order valence-corrected chi connectivity index (χ0v) is 8.92. The highest BCUT2D eigenvalue weighted by molar-refractivity contribution is 5.96. The highest BCUT2D eigenvalue weighted by Crippen LogP contribution is 2.45. The minimum absolute atomic E-state index is 0.119. The van der Waals surface area contributed by atoms with Crippen LogP contribution in [0.15, 0.2) is 24.3 Å². The lowest BCUT2D eigenvalue weighted by Gasteiger charge is -2.10. The fourth-order valence-corrected chi connectivity index (χ4v) is 1.42. The van der Waals surface area contributed by atoms with Crippen LogP contribution in [0.1, 0.15) is 25.3 Å². The van der Waals surface area contributed by atoms with Crippen molar-refractivity contribution in [3.63, 3.8) is 0 Å². The van der Waals surface area contributed by atoms with Crippen molar-refractivity contribution in [2.75, 3.05) is 5.32 Å². The van der Waals surface area contributed by atoms with Gasteiger partial charge in [0.2, 0.25) is 5.91 Å². The van der Waals surface area contributed by atoms with Crippen LogP contribution in [0.25, 0.3) is 0 Å². The Hall–Kier alpha value is -1.35. The number of hydrogen-bond donors (Lipinski definition) is 2. The second kappa shape index (κ2) is 3.66. The third kappa shape index (κ3) is 2.18. The van der Waals surface area contributed by atoms with Gasteiger partial charge in [-0.05, 0) is 30.5 Å². The monoisotopic (exact) mass is 204 g/mol. The maximum absolute atomic E-state index is 11.7. The van der Waals surface area contributed by atoms with Gasteiger partial charge in [-0.25, -0.2) is 0 Å². The molecule has 1 aromatic carbocycles. The summed E-state index contributed by atoms with van der Waals surface area (Å²) in [6.45, 7) is 2.53. The minimum atomic E-state index is -0.119. The molecule has 0 spiro atoms. The van der Waals surface area contributed by atoms with E-state index in [1.54, 1.807) is 0 Å². The predicted molar refractivity (Wildman–Crippen MR) is 60.3 cm³/mol. The Bertz CT molecular complexity index is 366. The van der Waals surface area contributed by atoms with E-state index in [9.17, 15) is 4.79 Å². The number of nitrogens with two attached hydrogens (primary N) is 1. The molecule has 1 saturated carbocycles. The molecule has 1 aliphatic carbocycles. The quantitative estimate of drug-likeness (QED) is 0.789. The first-order chi connectivity index (χ1) is 7.14. The lowest BCUT2D eigenvalue weighted by atomic mass is 10.1. The number of nitrogens with one attached hydrogen (secondary N) is 1. The molecule has 0 aliphatic heterocycles. The number of hydrogen-bond acceptors (Lipinski definition) is 2. The van der Waals surface area contributed by atoms with E-state index in [2.05, 4.69) is 5.32 Å². The smallest absolute Gasteiger partial charge is 0.230 e. The Morgan fingerprint density at radius 2 is 2.00 bits per heavy atom. The summed E-state index contributed by atoms with van der Waals surface area (Å²) in [6, 6.07) is 7.66. The van der Waals surface area contributed by atoms with E-state index in [-0.39, 0.29) is 11.3 Å². The van der Waals surface area contributed by atoms with Crippen LogP contribution in [0.5, 0.6) is 0 Å². The summed E-state index contributed by atoms with van der Waals surface area (Å²) in [7, 11) is 0. The van der Waals surface area contributed by atoms with E-state index < -0.39 is 0 Å². The zero-order valence-electron chi connectivity index (χ0n) is 8.92. The van der Waals surface area contributed by atoms with E-state index in [0.717, 1.165) is 24.1 Å². The van der Waals surface area contributed by atoms with Crippen molar-refractivity contribution in [2.45, 2.75) is 26.3 Å². The van der Waals surface area contributed by atoms with Gasteiger partial charge in [-0.2, -0.15) is 0 Å². The molecule has 2 rings (SSSR count). The van der Waals surface area contributed by atoms with Crippen molar-refractivity contribution in [1.29, 1.82) is 0 Å². The van der Waals surface area contributed by atoms with Gasteiger partial charge in [0.05, 0.1) is 0 Å². The van der Waals surface area contributed by atoms with Gasteiger partial charge >= 0.3 is 0 Å². The molecule has 0 radical (unpaired) electrons. The van der Waals surface area contributed by atoms with Gasteiger partial charge in [0.15, 0.2) is 0 Å². The Morgan fingerprint density at radius 1 is 1.40 bits per heavy atom. The number of carbonyl (C=O) groups is 1. The molecule has 0 aromatic heterocycles. The molecule has 0 unspecified atom stereocenters. The number of carbonyl (C=O) groups excluding carboxylic acids is 1. The highest BCUT2D eigenvalue weighted by Gasteiger charge is 2.44. The maximum atomic E-state index is 11.7. The Labute approximate surface area is 89.7 Å². The molecule has 1 aromatic rings. The fourth-order valence-electron chi connectivity index (χ4n) is 1.42. The van der Waals surface area contributed by atoms with E-state index in [0.29, 0.717) is 6.54 Å². The van der Waals surface area contributed by atoms with Crippen molar-refractivity contribution in [2.24, 2.45) is 11.1 Å². The Morgan fingerprint density at radius 3 is 2.47 bits per heavy atom. The SMILES string of the molecule is CC1(C(=O)Nc2ccc(CN)cc2)CC1. The first kappa shape index (κ1) is 10.2.